The van der Waals surface area contributed by atoms with Gasteiger partial charge in [0, 0.05) is 18.2 Å². The summed E-state index contributed by atoms with van der Waals surface area (Å²) in [6, 6.07) is 4.16. The standard InChI is InChI=1S/C24H34N4O5/c1-8-16-10-12-17(13-11-16)20(21(30)26-15(3)4)28(9-2)22(31)18(14-19(25)29)27-23(32)33-24(5,6)7/h1,10-13,15,18,20H,9,14H2,2-7H3,(H2,25,29)(H,26,30)(H,27,32). The van der Waals surface area contributed by atoms with E-state index >= 15 is 0 Å². The molecule has 0 bridgehead atoms. The van der Waals surface area contributed by atoms with Crippen LogP contribution in [0.5, 0.6) is 0 Å². The summed E-state index contributed by atoms with van der Waals surface area (Å²) in [5.74, 6) is 0.657. The van der Waals surface area contributed by atoms with E-state index in [4.69, 9.17) is 16.9 Å². The molecule has 9 nitrogen and oxygen atoms in total. The van der Waals surface area contributed by atoms with Crippen molar-refractivity contribution < 1.29 is 23.9 Å². The van der Waals surface area contributed by atoms with Crippen molar-refractivity contribution >= 4 is 23.8 Å². The van der Waals surface area contributed by atoms with Gasteiger partial charge in [0.25, 0.3) is 0 Å². The summed E-state index contributed by atoms with van der Waals surface area (Å²) < 4.78 is 5.21. The van der Waals surface area contributed by atoms with Gasteiger partial charge < -0.3 is 26.0 Å². The third kappa shape index (κ3) is 8.85. The third-order valence-corrected chi connectivity index (χ3v) is 4.40. The number of nitrogens with zero attached hydrogens (tertiary/aromatic N) is 1. The second kappa shape index (κ2) is 11.9. The fourth-order valence-electron chi connectivity index (χ4n) is 3.11. The van der Waals surface area contributed by atoms with Crippen LogP contribution in [0.15, 0.2) is 24.3 Å². The molecule has 1 aromatic rings. The van der Waals surface area contributed by atoms with E-state index in [0.29, 0.717) is 11.1 Å². The SMILES string of the molecule is C#Cc1ccc(C(C(=O)NC(C)C)N(CC)C(=O)C(CC(N)=O)NC(=O)OC(C)(C)C)cc1. The molecule has 1 aromatic carbocycles. The van der Waals surface area contributed by atoms with E-state index < -0.39 is 47.9 Å². The van der Waals surface area contributed by atoms with E-state index in [1.165, 1.54) is 4.90 Å². The quantitative estimate of drug-likeness (QED) is 0.486. The van der Waals surface area contributed by atoms with Gasteiger partial charge in [-0.15, -0.1) is 6.42 Å². The maximum absolute atomic E-state index is 13.5. The summed E-state index contributed by atoms with van der Waals surface area (Å²) in [6.07, 6.45) is 4.09. The van der Waals surface area contributed by atoms with Crippen LogP contribution in [0.25, 0.3) is 0 Å². The van der Waals surface area contributed by atoms with Crippen LogP contribution in [0.3, 0.4) is 0 Å². The lowest BCUT2D eigenvalue weighted by atomic mass is 10.0. The number of hydrogen-bond donors (Lipinski definition) is 3. The van der Waals surface area contributed by atoms with E-state index in [1.54, 1.807) is 65.8 Å². The lowest BCUT2D eigenvalue weighted by Crippen LogP contribution is -2.54. The van der Waals surface area contributed by atoms with Gasteiger partial charge in [0.05, 0.1) is 6.42 Å². The van der Waals surface area contributed by atoms with Gasteiger partial charge in [-0.25, -0.2) is 4.79 Å². The van der Waals surface area contributed by atoms with Crippen LogP contribution >= 0.6 is 0 Å². The Labute approximate surface area is 195 Å². The Morgan fingerprint density at radius 2 is 1.70 bits per heavy atom. The molecule has 2 atom stereocenters. The molecule has 0 saturated heterocycles. The number of carbonyl (C=O) groups excluding carboxylic acids is 4. The molecule has 180 valence electrons. The van der Waals surface area contributed by atoms with Crippen molar-refractivity contribution in [1.82, 2.24) is 15.5 Å². The molecule has 0 aliphatic rings. The van der Waals surface area contributed by atoms with Crippen LogP contribution in [-0.4, -0.2) is 52.9 Å². The average molecular weight is 459 g/mol. The highest BCUT2D eigenvalue weighted by Gasteiger charge is 2.36. The van der Waals surface area contributed by atoms with Crippen molar-refractivity contribution in [2.75, 3.05) is 6.54 Å². The largest absolute Gasteiger partial charge is 0.444 e. The second-order valence-electron chi connectivity index (χ2n) is 8.83. The number of amides is 4. The van der Waals surface area contributed by atoms with Crippen LogP contribution in [0, 0.1) is 12.3 Å². The zero-order chi connectivity index (χ0) is 25.3. The molecule has 0 radical (unpaired) electrons. The Morgan fingerprint density at radius 3 is 2.12 bits per heavy atom. The number of nitrogens with one attached hydrogen (secondary N) is 2. The molecular formula is C24H34N4O5. The predicted molar refractivity (Wildman–Crippen MR) is 125 cm³/mol. The minimum Gasteiger partial charge on any atom is -0.444 e. The number of ether oxygens (including phenoxy) is 1. The van der Waals surface area contributed by atoms with Crippen LogP contribution in [0.1, 0.15) is 65.1 Å². The monoisotopic (exact) mass is 458 g/mol. The van der Waals surface area contributed by atoms with Crippen molar-refractivity contribution in [2.24, 2.45) is 5.73 Å². The molecule has 0 aromatic heterocycles. The Kier molecular flexibility index (Phi) is 9.92. The number of likely N-dealkylation sites (N-methyl/N-ethyl adjacent to an activating group) is 1. The van der Waals surface area contributed by atoms with Crippen molar-refractivity contribution in [2.45, 2.75) is 71.7 Å². The average Bonchev–Trinajstić information content (AvgIpc) is 2.68. The lowest BCUT2D eigenvalue weighted by Gasteiger charge is -2.34. The Hall–Kier alpha value is -3.54. The highest BCUT2D eigenvalue weighted by molar-refractivity contribution is 5.94. The third-order valence-electron chi connectivity index (χ3n) is 4.40. The minimum atomic E-state index is -1.31. The highest BCUT2D eigenvalue weighted by atomic mass is 16.6. The molecule has 0 heterocycles. The fraction of sp³-hybridized carbons (Fsp3) is 0.500. The first-order valence-electron chi connectivity index (χ1n) is 10.7. The topological polar surface area (TPSA) is 131 Å². The summed E-state index contributed by atoms with van der Waals surface area (Å²) in [7, 11) is 0. The zero-order valence-corrected chi connectivity index (χ0v) is 20.1. The Morgan fingerprint density at radius 1 is 1.12 bits per heavy atom. The summed E-state index contributed by atoms with van der Waals surface area (Å²) in [5.41, 5.74) is 5.65. The first-order valence-corrected chi connectivity index (χ1v) is 10.7. The maximum Gasteiger partial charge on any atom is 0.408 e. The number of benzene rings is 1. The van der Waals surface area contributed by atoms with Crippen LogP contribution in [0.2, 0.25) is 0 Å². The number of hydrogen-bond acceptors (Lipinski definition) is 5. The van der Waals surface area contributed by atoms with Gasteiger partial charge in [-0.05, 0) is 59.2 Å². The lowest BCUT2D eigenvalue weighted by molar-refractivity contribution is -0.143. The van der Waals surface area contributed by atoms with Crippen molar-refractivity contribution in [3.05, 3.63) is 35.4 Å². The van der Waals surface area contributed by atoms with Gasteiger partial charge in [-0.3, -0.25) is 14.4 Å². The normalized spacial score (nSPS) is 12.8. The molecule has 0 aliphatic heterocycles. The van der Waals surface area contributed by atoms with E-state index in [2.05, 4.69) is 16.6 Å². The van der Waals surface area contributed by atoms with E-state index in [-0.39, 0.29) is 12.6 Å². The molecular weight excluding hydrogens is 424 g/mol. The molecule has 0 fully saturated rings. The molecule has 33 heavy (non-hydrogen) atoms. The molecule has 4 amide bonds. The highest BCUT2D eigenvalue weighted by Crippen LogP contribution is 2.23. The molecule has 1 rings (SSSR count). The number of alkyl carbamates (subject to hydrolysis) is 1. The number of primary amides is 1. The van der Waals surface area contributed by atoms with E-state index in [9.17, 15) is 19.2 Å². The minimum absolute atomic E-state index is 0.122. The predicted octanol–water partition coefficient (Wildman–Crippen LogP) is 1.85. The number of terminal acetylenes is 1. The first-order chi connectivity index (χ1) is 15.3. The Balaban J connectivity index is 3.37. The van der Waals surface area contributed by atoms with Gasteiger partial charge in [0.1, 0.15) is 17.7 Å². The molecule has 0 saturated carbocycles. The van der Waals surface area contributed by atoms with Crippen LogP contribution in [-0.2, 0) is 19.1 Å². The van der Waals surface area contributed by atoms with Gasteiger partial charge in [-0.2, -0.15) is 0 Å². The van der Waals surface area contributed by atoms with Gasteiger partial charge in [0.15, 0.2) is 0 Å². The molecule has 9 heteroatoms. The van der Waals surface area contributed by atoms with Crippen molar-refractivity contribution in [1.29, 1.82) is 0 Å². The summed E-state index contributed by atoms with van der Waals surface area (Å²) in [5, 5.41) is 5.23. The fourth-order valence-corrected chi connectivity index (χ4v) is 3.11. The summed E-state index contributed by atoms with van der Waals surface area (Å²) >= 11 is 0. The maximum atomic E-state index is 13.5. The Bertz CT molecular complexity index is 897. The van der Waals surface area contributed by atoms with Gasteiger partial charge in [0.2, 0.25) is 17.7 Å². The van der Waals surface area contributed by atoms with Gasteiger partial charge >= 0.3 is 6.09 Å². The molecule has 0 spiro atoms. The molecule has 2 unspecified atom stereocenters. The van der Waals surface area contributed by atoms with Crippen LogP contribution in [0.4, 0.5) is 4.79 Å². The van der Waals surface area contributed by atoms with Crippen LogP contribution < -0.4 is 16.4 Å². The van der Waals surface area contributed by atoms with Crippen molar-refractivity contribution in [3.8, 4) is 12.3 Å². The first kappa shape index (κ1) is 27.5. The van der Waals surface area contributed by atoms with E-state index in [0.717, 1.165) is 0 Å². The smallest absolute Gasteiger partial charge is 0.408 e. The summed E-state index contributed by atoms with van der Waals surface area (Å²) in [4.78, 5) is 51.8. The molecule has 0 aliphatic carbocycles. The van der Waals surface area contributed by atoms with E-state index in [1.807, 2.05) is 0 Å². The number of carbonyl (C=O) groups is 4. The second-order valence-corrected chi connectivity index (χ2v) is 8.83. The number of nitrogens with two attached hydrogens (primary N) is 1. The summed E-state index contributed by atoms with van der Waals surface area (Å²) in [6.45, 7) is 10.4. The van der Waals surface area contributed by atoms with Crippen molar-refractivity contribution in [3.63, 3.8) is 0 Å². The van der Waals surface area contributed by atoms with Gasteiger partial charge in [-0.1, -0.05) is 18.1 Å². The zero-order valence-electron chi connectivity index (χ0n) is 20.1. The number of rotatable bonds is 9. The molecule has 4 N–H and O–H groups in total.